The van der Waals surface area contributed by atoms with E-state index in [1.165, 1.54) is 10.7 Å². The monoisotopic (exact) mass is 502 g/mol. The second kappa shape index (κ2) is 8.95. The maximum Gasteiger partial charge on any atom is 0.248 e. The summed E-state index contributed by atoms with van der Waals surface area (Å²) in [4.78, 5) is 12.3. The van der Waals surface area contributed by atoms with Crippen LogP contribution in [0.4, 0.5) is 10.3 Å². The SMILES string of the molecule is CCOc1cc(C2C(C(N)=O)=C(C)Nc3nnnn32)cc(Br)c1OCc1ccccc1F. The summed E-state index contributed by atoms with van der Waals surface area (Å²) in [5, 5.41) is 14.6. The minimum atomic E-state index is -0.671. The van der Waals surface area contributed by atoms with E-state index in [-0.39, 0.29) is 12.4 Å². The van der Waals surface area contributed by atoms with Gasteiger partial charge in [-0.3, -0.25) is 4.79 Å². The molecule has 0 fully saturated rings. The molecular formula is C21H20BrFN6O3. The zero-order chi connectivity index (χ0) is 22.8. The van der Waals surface area contributed by atoms with E-state index < -0.39 is 11.9 Å². The van der Waals surface area contributed by atoms with E-state index in [2.05, 4.69) is 36.8 Å². The number of hydrogen-bond donors (Lipinski definition) is 2. The number of nitrogens with one attached hydrogen (secondary N) is 1. The fourth-order valence-corrected chi connectivity index (χ4v) is 4.13. The van der Waals surface area contributed by atoms with Crippen LogP contribution < -0.4 is 20.5 Å². The summed E-state index contributed by atoms with van der Waals surface area (Å²) in [7, 11) is 0. The molecule has 11 heteroatoms. The van der Waals surface area contributed by atoms with E-state index in [9.17, 15) is 9.18 Å². The summed E-state index contributed by atoms with van der Waals surface area (Å²) in [6.45, 7) is 3.95. The van der Waals surface area contributed by atoms with Gasteiger partial charge in [0.05, 0.1) is 16.7 Å². The lowest BCUT2D eigenvalue weighted by atomic mass is 9.95. The highest BCUT2D eigenvalue weighted by atomic mass is 79.9. The van der Waals surface area contributed by atoms with Crippen molar-refractivity contribution in [1.29, 1.82) is 0 Å². The average molecular weight is 503 g/mol. The predicted octanol–water partition coefficient (Wildman–Crippen LogP) is 3.33. The van der Waals surface area contributed by atoms with Crippen LogP contribution in [0.2, 0.25) is 0 Å². The lowest BCUT2D eigenvalue weighted by Gasteiger charge is -2.27. The summed E-state index contributed by atoms with van der Waals surface area (Å²) < 4.78 is 27.8. The summed E-state index contributed by atoms with van der Waals surface area (Å²) in [5.74, 6) is 0.251. The predicted molar refractivity (Wildman–Crippen MR) is 118 cm³/mol. The first-order valence-corrected chi connectivity index (χ1v) is 10.6. The van der Waals surface area contributed by atoms with Gasteiger partial charge in [0.2, 0.25) is 11.9 Å². The lowest BCUT2D eigenvalue weighted by Crippen LogP contribution is -2.32. The van der Waals surface area contributed by atoms with Crippen molar-refractivity contribution in [2.45, 2.75) is 26.5 Å². The number of anilines is 1. The Hall–Kier alpha value is -3.47. The molecule has 1 unspecified atom stereocenters. The summed E-state index contributed by atoms with van der Waals surface area (Å²) in [6, 6.07) is 9.23. The molecule has 0 spiro atoms. The molecule has 1 aromatic heterocycles. The number of benzene rings is 2. The number of allylic oxidation sites excluding steroid dienone is 1. The van der Waals surface area contributed by atoms with E-state index in [1.807, 2.05) is 6.92 Å². The molecule has 0 saturated heterocycles. The van der Waals surface area contributed by atoms with Gasteiger partial charge in [-0.15, -0.1) is 0 Å². The van der Waals surface area contributed by atoms with Crippen molar-refractivity contribution in [2.75, 3.05) is 11.9 Å². The molecule has 1 aliphatic rings. The Morgan fingerprint density at radius 3 is 2.81 bits per heavy atom. The van der Waals surface area contributed by atoms with Gasteiger partial charge in [-0.25, -0.2) is 4.39 Å². The fraction of sp³-hybridized carbons (Fsp3) is 0.238. The molecule has 2 aromatic carbocycles. The van der Waals surface area contributed by atoms with Crippen LogP contribution in [0.5, 0.6) is 11.5 Å². The van der Waals surface area contributed by atoms with Gasteiger partial charge < -0.3 is 20.5 Å². The maximum absolute atomic E-state index is 14.0. The minimum Gasteiger partial charge on any atom is -0.490 e. The van der Waals surface area contributed by atoms with Gasteiger partial charge in [0.1, 0.15) is 18.5 Å². The van der Waals surface area contributed by atoms with Gasteiger partial charge in [0.25, 0.3) is 0 Å². The Morgan fingerprint density at radius 1 is 1.31 bits per heavy atom. The number of carbonyl (C=O) groups excluding carboxylic acids is 1. The Balaban J connectivity index is 1.76. The van der Waals surface area contributed by atoms with E-state index in [0.717, 1.165) is 0 Å². The highest BCUT2D eigenvalue weighted by Crippen LogP contribution is 2.42. The topological polar surface area (TPSA) is 117 Å². The molecule has 0 aliphatic carbocycles. The number of hydrogen-bond acceptors (Lipinski definition) is 7. The molecule has 2 heterocycles. The van der Waals surface area contributed by atoms with Crippen molar-refractivity contribution in [3.63, 3.8) is 0 Å². The summed E-state index contributed by atoms with van der Waals surface area (Å²) in [5.41, 5.74) is 7.62. The summed E-state index contributed by atoms with van der Waals surface area (Å²) in [6.07, 6.45) is 0. The molecule has 0 bridgehead atoms. The number of primary amides is 1. The van der Waals surface area contributed by atoms with Crippen LogP contribution in [-0.4, -0.2) is 32.7 Å². The Bertz CT molecular complexity index is 1210. The second-order valence-electron chi connectivity index (χ2n) is 7.02. The quantitative estimate of drug-likeness (QED) is 0.508. The molecule has 3 aromatic rings. The van der Waals surface area contributed by atoms with Crippen molar-refractivity contribution in [1.82, 2.24) is 20.2 Å². The van der Waals surface area contributed by atoms with Gasteiger partial charge in [0, 0.05) is 11.3 Å². The average Bonchev–Trinajstić information content (AvgIpc) is 3.21. The van der Waals surface area contributed by atoms with Gasteiger partial charge >= 0.3 is 0 Å². The van der Waals surface area contributed by atoms with Crippen molar-refractivity contribution >= 4 is 27.8 Å². The van der Waals surface area contributed by atoms with E-state index in [4.69, 9.17) is 15.2 Å². The summed E-state index contributed by atoms with van der Waals surface area (Å²) >= 11 is 3.52. The first-order chi connectivity index (χ1) is 15.4. The normalized spacial score (nSPS) is 15.2. The fourth-order valence-electron chi connectivity index (χ4n) is 3.55. The van der Waals surface area contributed by atoms with Gasteiger partial charge in [-0.2, -0.15) is 4.68 Å². The molecule has 1 amide bonds. The standard InChI is InChI=1S/C21H20BrFN6O3/c1-3-31-16-9-13(8-14(22)19(16)32-10-12-6-4-5-7-15(12)23)18-17(20(24)30)11(2)25-21-26-27-28-29(18)21/h4-9,18H,3,10H2,1-2H3,(H2,24,30)(H,25,26,28). The molecule has 1 aliphatic heterocycles. The number of aromatic nitrogens is 4. The molecule has 32 heavy (non-hydrogen) atoms. The maximum atomic E-state index is 14.0. The number of fused-ring (bicyclic) bond motifs is 1. The number of carbonyl (C=O) groups is 1. The number of halogens is 2. The number of rotatable bonds is 7. The molecular weight excluding hydrogens is 483 g/mol. The van der Waals surface area contributed by atoms with Crippen molar-refractivity contribution in [2.24, 2.45) is 5.73 Å². The van der Waals surface area contributed by atoms with Crippen LogP contribution in [0.3, 0.4) is 0 Å². The van der Waals surface area contributed by atoms with Gasteiger partial charge in [0.15, 0.2) is 11.5 Å². The van der Waals surface area contributed by atoms with Crippen LogP contribution in [0.15, 0.2) is 52.1 Å². The first-order valence-electron chi connectivity index (χ1n) is 9.78. The lowest BCUT2D eigenvalue weighted by molar-refractivity contribution is -0.115. The Morgan fingerprint density at radius 2 is 2.09 bits per heavy atom. The number of nitrogens with two attached hydrogens (primary N) is 1. The zero-order valence-corrected chi connectivity index (χ0v) is 18.9. The Labute approximate surface area is 191 Å². The minimum absolute atomic E-state index is 0.0146. The number of nitrogens with zero attached hydrogens (tertiary/aromatic N) is 4. The first kappa shape index (κ1) is 21.8. The van der Waals surface area contributed by atoms with Crippen molar-refractivity contribution in [3.05, 3.63) is 69.1 Å². The molecule has 0 radical (unpaired) electrons. The Kier molecular flexibility index (Phi) is 6.08. The highest BCUT2D eigenvalue weighted by molar-refractivity contribution is 9.10. The number of tetrazole rings is 1. The van der Waals surface area contributed by atoms with E-state index in [0.29, 0.717) is 50.9 Å². The highest BCUT2D eigenvalue weighted by Gasteiger charge is 2.34. The third-order valence-electron chi connectivity index (χ3n) is 4.96. The molecule has 166 valence electrons. The van der Waals surface area contributed by atoms with Crippen molar-refractivity contribution < 1.29 is 18.7 Å². The van der Waals surface area contributed by atoms with Gasteiger partial charge in [-0.1, -0.05) is 23.3 Å². The molecule has 4 rings (SSSR count). The number of amides is 1. The molecule has 0 saturated carbocycles. The third kappa shape index (κ3) is 4.03. The van der Waals surface area contributed by atoms with Crippen LogP contribution >= 0.6 is 15.9 Å². The van der Waals surface area contributed by atoms with Crippen LogP contribution in [0.1, 0.15) is 31.0 Å². The smallest absolute Gasteiger partial charge is 0.248 e. The van der Waals surface area contributed by atoms with Crippen LogP contribution in [0, 0.1) is 5.82 Å². The van der Waals surface area contributed by atoms with Crippen molar-refractivity contribution in [3.8, 4) is 11.5 Å². The van der Waals surface area contributed by atoms with Crippen LogP contribution in [-0.2, 0) is 11.4 Å². The van der Waals surface area contributed by atoms with Crippen LogP contribution in [0.25, 0.3) is 0 Å². The molecule has 3 N–H and O–H groups in total. The zero-order valence-electron chi connectivity index (χ0n) is 17.3. The molecule has 9 nitrogen and oxygen atoms in total. The largest absolute Gasteiger partial charge is 0.490 e. The van der Waals surface area contributed by atoms with E-state index >= 15 is 0 Å². The van der Waals surface area contributed by atoms with E-state index in [1.54, 1.807) is 37.3 Å². The third-order valence-corrected chi connectivity index (χ3v) is 5.55. The second-order valence-corrected chi connectivity index (χ2v) is 7.87. The molecule has 1 atom stereocenters. The van der Waals surface area contributed by atoms with Gasteiger partial charge in [-0.05, 0) is 64.0 Å². The number of ether oxygens (including phenoxy) is 2.